The summed E-state index contributed by atoms with van der Waals surface area (Å²) < 4.78 is 30.1. The summed E-state index contributed by atoms with van der Waals surface area (Å²) in [6.07, 6.45) is 0. The number of nitrogens with zero attached hydrogens (tertiary/aromatic N) is 2. The van der Waals surface area contributed by atoms with Crippen LogP contribution in [-0.2, 0) is 23.1 Å². The van der Waals surface area contributed by atoms with E-state index in [4.69, 9.17) is 11.6 Å². The Morgan fingerprint density at radius 2 is 1.75 bits per heavy atom. The fourth-order valence-corrected chi connectivity index (χ4v) is 4.91. The Bertz CT molecular complexity index is 1390. The number of aromatic nitrogens is 2. The second-order valence-electron chi connectivity index (χ2n) is 7.08. The summed E-state index contributed by atoms with van der Waals surface area (Å²) in [6.45, 7) is 2.67. The molecule has 4 rings (SSSR count). The van der Waals surface area contributed by atoms with Gasteiger partial charge in [-0.25, -0.2) is 18.1 Å². The molecule has 0 saturated carbocycles. The van der Waals surface area contributed by atoms with E-state index >= 15 is 0 Å². The molecule has 0 aliphatic carbocycles. The van der Waals surface area contributed by atoms with Crippen molar-refractivity contribution in [2.24, 2.45) is 0 Å². The summed E-state index contributed by atoms with van der Waals surface area (Å²) in [5, 5.41) is 2.81. The Hall–Kier alpha value is -3.20. The molecule has 2 N–H and O–H groups in total. The van der Waals surface area contributed by atoms with Crippen molar-refractivity contribution in [1.29, 1.82) is 0 Å². The third kappa shape index (κ3) is 4.52. The number of para-hydroxylation sites is 2. The zero-order valence-electron chi connectivity index (χ0n) is 17.2. The van der Waals surface area contributed by atoms with Crippen LogP contribution in [0.15, 0.2) is 77.7 Å². The molecule has 0 unspecified atom stereocenters. The predicted molar refractivity (Wildman–Crippen MR) is 125 cm³/mol. The summed E-state index contributed by atoms with van der Waals surface area (Å²) in [4.78, 5) is 17.2. The lowest BCUT2D eigenvalue weighted by molar-refractivity contribution is 0.102. The molecule has 0 atom stereocenters. The quantitative estimate of drug-likeness (QED) is 0.419. The number of imidazole rings is 1. The van der Waals surface area contributed by atoms with Crippen LogP contribution < -0.4 is 10.0 Å². The Kier molecular flexibility index (Phi) is 6.27. The van der Waals surface area contributed by atoms with Gasteiger partial charge < -0.3 is 4.57 Å². The van der Waals surface area contributed by atoms with Crippen LogP contribution in [0.1, 0.15) is 22.8 Å². The maximum absolute atomic E-state index is 12.9. The van der Waals surface area contributed by atoms with E-state index in [2.05, 4.69) is 15.0 Å². The number of hydrogen-bond donors (Lipinski definition) is 2. The van der Waals surface area contributed by atoms with E-state index in [1.165, 1.54) is 18.2 Å². The third-order valence-electron chi connectivity index (χ3n) is 4.99. The van der Waals surface area contributed by atoms with Crippen LogP contribution in [-0.4, -0.2) is 23.9 Å². The van der Waals surface area contributed by atoms with Gasteiger partial charge in [0.2, 0.25) is 16.0 Å². The van der Waals surface area contributed by atoms with E-state index in [1.54, 1.807) is 0 Å². The number of carbonyl (C=O) groups excluding carboxylic acids is 1. The number of carbonyl (C=O) groups is 1. The maximum Gasteiger partial charge on any atom is 0.258 e. The first-order valence-electron chi connectivity index (χ1n) is 9.99. The Morgan fingerprint density at radius 3 is 2.50 bits per heavy atom. The van der Waals surface area contributed by atoms with Gasteiger partial charge in [0.05, 0.1) is 16.1 Å². The van der Waals surface area contributed by atoms with E-state index in [0.717, 1.165) is 16.6 Å². The zero-order chi connectivity index (χ0) is 22.7. The van der Waals surface area contributed by atoms with Crippen molar-refractivity contribution in [2.75, 3.05) is 5.32 Å². The SMILES string of the molecule is CCn1c(NC(=O)c2ccc(Cl)c(S(=O)(=O)NCc3ccccc3)c2)nc2ccccc21. The van der Waals surface area contributed by atoms with Gasteiger partial charge in [-0.05, 0) is 42.8 Å². The van der Waals surface area contributed by atoms with Gasteiger partial charge in [-0.15, -0.1) is 0 Å². The average Bonchev–Trinajstić information content (AvgIpc) is 3.15. The number of hydrogen-bond acceptors (Lipinski definition) is 4. The molecule has 0 radical (unpaired) electrons. The van der Waals surface area contributed by atoms with Gasteiger partial charge in [0.15, 0.2) is 0 Å². The van der Waals surface area contributed by atoms with E-state index in [9.17, 15) is 13.2 Å². The minimum atomic E-state index is -3.93. The molecule has 9 heteroatoms. The first-order valence-corrected chi connectivity index (χ1v) is 11.8. The molecular formula is C23H21ClN4O3S. The largest absolute Gasteiger partial charge is 0.310 e. The number of sulfonamides is 1. The number of fused-ring (bicyclic) bond motifs is 1. The first kappa shape index (κ1) is 22.0. The number of amides is 1. The zero-order valence-corrected chi connectivity index (χ0v) is 18.8. The summed E-state index contributed by atoms with van der Waals surface area (Å²) in [6, 6.07) is 20.8. The molecule has 0 fully saturated rings. The molecule has 0 bridgehead atoms. The lowest BCUT2D eigenvalue weighted by atomic mass is 10.2. The van der Waals surface area contributed by atoms with E-state index in [1.807, 2.05) is 66.1 Å². The fraction of sp³-hybridized carbons (Fsp3) is 0.130. The summed E-state index contributed by atoms with van der Waals surface area (Å²) in [7, 11) is -3.93. The van der Waals surface area contributed by atoms with Crippen LogP contribution in [0.5, 0.6) is 0 Å². The minimum Gasteiger partial charge on any atom is -0.310 e. The van der Waals surface area contributed by atoms with E-state index in [-0.39, 0.29) is 22.0 Å². The van der Waals surface area contributed by atoms with Gasteiger partial charge in [0.1, 0.15) is 4.90 Å². The summed E-state index contributed by atoms with van der Waals surface area (Å²) in [5.41, 5.74) is 2.62. The van der Waals surface area contributed by atoms with Crippen molar-refractivity contribution < 1.29 is 13.2 Å². The third-order valence-corrected chi connectivity index (χ3v) is 6.87. The minimum absolute atomic E-state index is 0.0305. The molecule has 0 aliphatic heterocycles. The molecule has 0 aliphatic rings. The molecule has 0 saturated heterocycles. The Morgan fingerprint density at radius 1 is 1.03 bits per heavy atom. The van der Waals surface area contributed by atoms with Crippen LogP contribution >= 0.6 is 11.6 Å². The van der Waals surface area contributed by atoms with Crippen LogP contribution in [0.25, 0.3) is 11.0 Å². The second kappa shape index (κ2) is 9.12. The molecule has 32 heavy (non-hydrogen) atoms. The molecule has 3 aromatic carbocycles. The highest BCUT2D eigenvalue weighted by molar-refractivity contribution is 7.89. The molecule has 1 heterocycles. The number of anilines is 1. The molecule has 7 nitrogen and oxygen atoms in total. The van der Waals surface area contributed by atoms with Crippen LogP contribution in [0, 0.1) is 0 Å². The van der Waals surface area contributed by atoms with Gasteiger partial charge in [-0.2, -0.15) is 0 Å². The first-order chi connectivity index (χ1) is 15.4. The van der Waals surface area contributed by atoms with Gasteiger partial charge in [-0.1, -0.05) is 54.1 Å². The van der Waals surface area contributed by atoms with Crippen molar-refractivity contribution in [1.82, 2.24) is 14.3 Å². The average molecular weight is 469 g/mol. The second-order valence-corrected chi connectivity index (χ2v) is 9.22. The highest BCUT2D eigenvalue weighted by atomic mass is 35.5. The van der Waals surface area contributed by atoms with Crippen LogP contribution in [0.2, 0.25) is 5.02 Å². The lowest BCUT2D eigenvalue weighted by Gasteiger charge is -2.11. The smallest absolute Gasteiger partial charge is 0.258 e. The highest BCUT2D eigenvalue weighted by Gasteiger charge is 2.21. The number of benzene rings is 3. The monoisotopic (exact) mass is 468 g/mol. The fourth-order valence-electron chi connectivity index (χ4n) is 3.37. The van der Waals surface area contributed by atoms with Crippen LogP contribution in [0.3, 0.4) is 0 Å². The maximum atomic E-state index is 12.9. The van der Waals surface area contributed by atoms with Crippen molar-refractivity contribution in [3.8, 4) is 0 Å². The molecule has 164 valence electrons. The molecular weight excluding hydrogens is 448 g/mol. The Labute approximate surface area is 191 Å². The standard InChI is InChI=1S/C23H21ClN4O3S/c1-2-28-20-11-7-6-10-19(20)26-23(28)27-22(29)17-12-13-18(24)21(14-17)32(30,31)25-15-16-8-4-3-5-9-16/h3-14,25H,2,15H2,1H3,(H,26,27,29). The van der Waals surface area contributed by atoms with E-state index < -0.39 is 15.9 Å². The molecule has 0 spiro atoms. The van der Waals surface area contributed by atoms with Gasteiger partial charge in [0.25, 0.3) is 5.91 Å². The Balaban J connectivity index is 1.59. The highest BCUT2D eigenvalue weighted by Crippen LogP contribution is 2.24. The van der Waals surface area contributed by atoms with Gasteiger partial charge in [-0.3, -0.25) is 10.1 Å². The number of rotatable bonds is 7. The molecule has 1 aromatic heterocycles. The van der Waals surface area contributed by atoms with Gasteiger partial charge >= 0.3 is 0 Å². The topological polar surface area (TPSA) is 93.1 Å². The lowest BCUT2D eigenvalue weighted by Crippen LogP contribution is -2.24. The number of nitrogens with one attached hydrogen (secondary N) is 2. The summed E-state index contributed by atoms with van der Waals surface area (Å²) in [5.74, 6) is -0.0913. The van der Waals surface area contributed by atoms with Gasteiger partial charge in [0, 0.05) is 18.7 Å². The van der Waals surface area contributed by atoms with E-state index in [0.29, 0.717) is 12.5 Å². The molecule has 4 aromatic rings. The van der Waals surface area contributed by atoms with Crippen LogP contribution in [0.4, 0.5) is 5.95 Å². The number of aryl methyl sites for hydroxylation is 1. The summed E-state index contributed by atoms with van der Waals surface area (Å²) >= 11 is 6.16. The molecule has 1 amide bonds. The predicted octanol–water partition coefficient (Wildman–Crippen LogP) is 4.44. The van der Waals surface area contributed by atoms with Crippen molar-refractivity contribution >= 4 is 44.5 Å². The van der Waals surface area contributed by atoms with Crippen molar-refractivity contribution in [3.63, 3.8) is 0 Å². The van der Waals surface area contributed by atoms with Crippen molar-refractivity contribution in [3.05, 3.63) is 88.9 Å². The number of halogens is 1. The van der Waals surface area contributed by atoms with Crippen molar-refractivity contribution in [2.45, 2.75) is 24.9 Å². The normalized spacial score (nSPS) is 11.6.